The number of aromatic nitrogens is 2. The second-order valence-electron chi connectivity index (χ2n) is 7.06. The van der Waals surface area contributed by atoms with Crippen LogP contribution in [-0.2, 0) is 7.05 Å². The fourth-order valence-corrected chi connectivity index (χ4v) is 3.58. The Bertz CT molecular complexity index is 865. The maximum Gasteiger partial charge on any atom is 0.258 e. The smallest absolute Gasteiger partial charge is 0.258 e. The fraction of sp³-hybridized carbons (Fsp3) is 0.474. The average Bonchev–Trinajstić information content (AvgIpc) is 2.51. The molecular weight excluding hydrogens is 304 g/mol. The molecule has 0 saturated carbocycles. The minimum atomic E-state index is -0.519. The third kappa shape index (κ3) is 2.73. The Hall–Kier alpha value is -2.14. The molecule has 5 heteroatoms. The SMILES string of the molecule is CC(C)=CC1CC(C)(CCO)Oc2c1c(=O)n(C)c1cccnc21. The Morgan fingerprint density at radius 1 is 1.54 bits per heavy atom. The van der Waals surface area contributed by atoms with Crippen LogP contribution < -0.4 is 10.3 Å². The van der Waals surface area contributed by atoms with E-state index in [9.17, 15) is 9.90 Å². The van der Waals surface area contributed by atoms with Gasteiger partial charge in [0, 0.05) is 32.2 Å². The minimum absolute atomic E-state index is 0.0413. The summed E-state index contributed by atoms with van der Waals surface area (Å²) < 4.78 is 7.90. The molecule has 0 spiro atoms. The highest BCUT2D eigenvalue weighted by atomic mass is 16.5. The van der Waals surface area contributed by atoms with Crippen LogP contribution in [0.3, 0.4) is 0 Å². The summed E-state index contributed by atoms with van der Waals surface area (Å²) in [6.45, 7) is 6.10. The second-order valence-corrected chi connectivity index (χ2v) is 7.06. The zero-order valence-electron chi connectivity index (χ0n) is 14.7. The number of rotatable bonds is 3. The predicted octanol–water partition coefficient (Wildman–Crippen LogP) is 2.91. The van der Waals surface area contributed by atoms with Gasteiger partial charge in [-0.05, 0) is 39.3 Å². The molecule has 128 valence electrons. The topological polar surface area (TPSA) is 64.3 Å². The molecule has 0 saturated heterocycles. The lowest BCUT2D eigenvalue weighted by Gasteiger charge is -2.39. The van der Waals surface area contributed by atoms with Crippen molar-refractivity contribution in [3.8, 4) is 5.75 Å². The number of aliphatic hydroxyl groups is 1. The van der Waals surface area contributed by atoms with E-state index in [1.54, 1.807) is 17.8 Å². The summed E-state index contributed by atoms with van der Waals surface area (Å²) in [4.78, 5) is 17.4. The van der Waals surface area contributed by atoms with E-state index < -0.39 is 5.60 Å². The van der Waals surface area contributed by atoms with Gasteiger partial charge in [-0.15, -0.1) is 0 Å². The molecule has 24 heavy (non-hydrogen) atoms. The molecule has 1 aliphatic heterocycles. The summed E-state index contributed by atoms with van der Waals surface area (Å²) in [5.41, 5.74) is 2.72. The minimum Gasteiger partial charge on any atom is -0.485 e. The number of nitrogens with zero attached hydrogens (tertiary/aromatic N) is 2. The highest BCUT2D eigenvalue weighted by Gasteiger charge is 2.39. The molecule has 1 N–H and O–H groups in total. The summed E-state index contributed by atoms with van der Waals surface area (Å²) in [5, 5.41) is 9.43. The van der Waals surface area contributed by atoms with Crippen molar-refractivity contribution < 1.29 is 9.84 Å². The van der Waals surface area contributed by atoms with E-state index in [0.717, 1.165) is 11.1 Å². The molecule has 2 aromatic heterocycles. The first-order valence-corrected chi connectivity index (χ1v) is 8.29. The third-order valence-corrected chi connectivity index (χ3v) is 4.69. The van der Waals surface area contributed by atoms with Crippen LogP contribution >= 0.6 is 0 Å². The molecule has 0 bridgehead atoms. The molecule has 0 radical (unpaired) electrons. The Morgan fingerprint density at radius 2 is 2.29 bits per heavy atom. The maximum atomic E-state index is 13.0. The number of aryl methyl sites for hydroxylation is 1. The lowest BCUT2D eigenvalue weighted by atomic mass is 9.81. The van der Waals surface area contributed by atoms with E-state index in [2.05, 4.69) is 11.1 Å². The first-order chi connectivity index (χ1) is 11.4. The number of ether oxygens (including phenoxy) is 1. The van der Waals surface area contributed by atoms with Crippen LogP contribution in [0.15, 0.2) is 34.8 Å². The van der Waals surface area contributed by atoms with E-state index in [1.165, 1.54) is 0 Å². The lowest BCUT2D eigenvalue weighted by Crippen LogP contribution is -2.41. The van der Waals surface area contributed by atoms with Crippen molar-refractivity contribution in [1.29, 1.82) is 0 Å². The number of fused-ring (bicyclic) bond motifs is 3. The average molecular weight is 328 g/mol. The zero-order valence-corrected chi connectivity index (χ0v) is 14.7. The molecule has 1 aliphatic rings. The Balaban J connectivity index is 2.34. The molecule has 2 aromatic rings. The van der Waals surface area contributed by atoms with Gasteiger partial charge in [0.05, 0.1) is 11.1 Å². The first kappa shape index (κ1) is 16.7. The number of hydrogen-bond acceptors (Lipinski definition) is 4. The second kappa shape index (κ2) is 6.06. The van der Waals surface area contributed by atoms with E-state index in [1.807, 2.05) is 32.9 Å². The van der Waals surface area contributed by atoms with Crippen LogP contribution in [-0.4, -0.2) is 26.9 Å². The van der Waals surface area contributed by atoms with E-state index >= 15 is 0 Å². The molecule has 3 rings (SSSR count). The lowest BCUT2D eigenvalue weighted by molar-refractivity contribution is 0.0347. The number of hydrogen-bond donors (Lipinski definition) is 1. The van der Waals surface area contributed by atoms with Crippen LogP contribution in [0.5, 0.6) is 5.75 Å². The van der Waals surface area contributed by atoms with Gasteiger partial charge in [0.15, 0.2) is 5.75 Å². The van der Waals surface area contributed by atoms with Gasteiger partial charge in [0.1, 0.15) is 11.1 Å². The number of allylic oxidation sites excluding steroid dienone is 2. The largest absolute Gasteiger partial charge is 0.485 e. The Morgan fingerprint density at radius 3 is 2.96 bits per heavy atom. The predicted molar refractivity (Wildman–Crippen MR) is 94.5 cm³/mol. The van der Waals surface area contributed by atoms with Gasteiger partial charge in [0.25, 0.3) is 5.56 Å². The van der Waals surface area contributed by atoms with Crippen LogP contribution in [0.2, 0.25) is 0 Å². The molecule has 0 amide bonds. The standard InChI is InChI=1S/C19H24N2O3/c1-12(2)10-13-11-19(3,7-9-22)24-17-15(13)18(23)21(4)14-6-5-8-20-16(14)17/h5-6,8,10,13,22H,7,9,11H2,1-4H3. The third-order valence-electron chi connectivity index (χ3n) is 4.69. The van der Waals surface area contributed by atoms with Crippen molar-refractivity contribution in [2.75, 3.05) is 6.61 Å². The molecule has 5 nitrogen and oxygen atoms in total. The first-order valence-electron chi connectivity index (χ1n) is 8.29. The van der Waals surface area contributed by atoms with Gasteiger partial charge in [-0.1, -0.05) is 11.6 Å². The van der Waals surface area contributed by atoms with Gasteiger partial charge in [-0.2, -0.15) is 0 Å². The maximum absolute atomic E-state index is 13.0. The molecule has 2 unspecified atom stereocenters. The van der Waals surface area contributed by atoms with E-state index in [-0.39, 0.29) is 18.1 Å². The summed E-state index contributed by atoms with van der Waals surface area (Å²) in [7, 11) is 1.77. The van der Waals surface area contributed by atoms with E-state index in [0.29, 0.717) is 29.7 Å². The van der Waals surface area contributed by atoms with Gasteiger partial charge < -0.3 is 14.4 Å². The summed E-state index contributed by atoms with van der Waals surface area (Å²) >= 11 is 0. The van der Waals surface area contributed by atoms with Crippen molar-refractivity contribution >= 4 is 11.0 Å². The number of pyridine rings is 2. The molecule has 0 aromatic carbocycles. The molecule has 2 atom stereocenters. The fourth-order valence-electron chi connectivity index (χ4n) is 3.58. The van der Waals surface area contributed by atoms with Crippen molar-refractivity contribution in [1.82, 2.24) is 9.55 Å². The normalized spacial score (nSPS) is 22.8. The van der Waals surface area contributed by atoms with Crippen LogP contribution in [0.25, 0.3) is 11.0 Å². The Kier molecular flexibility index (Phi) is 4.22. The van der Waals surface area contributed by atoms with Gasteiger partial charge in [-0.25, -0.2) is 0 Å². The van der Waals surface area contributed by atoms with Crippen molar-refractivity contribution in [3.05, 3.63) is 45.9 Å². The monoisotopic (exact) mass is 328 g/mol. The molecule has 0 fully saturated rings. The summed E-state index contributed by atoms with van der Waals surface area (Å²) in [6.07, 6.45) is 5.01. The molecular formula is C19H24N2O3. The van der Waals surface area contributed by atoms with Crippen molar-refractivity contribution in [2.24, 2.45) is 7.05 Å². The van der Waals surface area contributed by atoms with Crippen molar-refractivity contribution in [2.45, 2.75) is 45.1 Å². The van der Waals surface area contributed by atoms with Gasteiger partial charge in [0.2, 0.25) is 0 Å². The van der Waals surface area contributed by atoms with Crippen LogP contribution in [0.1, 0.15) is 45.1 Å². The van der Waals surface area contributed by atoms with Crippen LogP contribution in [0.4, 0.5) is 0 Å². The molecule has 3 heterocycles. The van der Waals surface area contributed by atoms with Crippen molar-refractivity contribution in [3.63, 3.8) is 0 Å². The quantitative estimate of drug-likeness (QED) is 0.880. The van der Waals surface area contributed by atoms with Gasteiger partial charge >= 0.3 is 0 Å². The zero-order chi connectivity index (χ0) is 17.5. The Labute approximate surface area is 141 Å². The summed E-state index contributed by atoms with van der Waals surface area (Å²) in [5.74, 6) is 0.527. The highest BCUT2D eigenvalue weighted by Crippen LogP contribution is 2.44. The molecule has 0 aliphatic carbocycles. The van der Waals surface area contributed by atoms with Gasteiger partial charge in [-0.3, -0.25) is 9.78 Å². The number of aliphatic hydroxyl groups excluding tert-OH is 1. The highest BCUT2D eigenvalue weighted by molar-refractivity contribution is 5.83. The van der Waals surface area contributed by atoms with Crippen LogP contribution in [0, 0.1) is 0 Å². The van der Waals surface area contributed by atoms with E-state index in [4.69, 9.17) is 4.74 Å². The summed E-state index contributed by atoms with van der Waals surface area (Å²) in [6, 6.07) is 3.69.